The third-order valence-corrected chi connectivity index (χ3v) is 2.37. The van der Waals surface area contributed by atoms with Crippen LogP contribution in [0.1, 0.15) is 11.7 Å². The van der Waals surface area contributed by atoms with Gasteiger partial charge >= 0.3 is 5.97 Å². The van der Waals surface area contributed by atoms with Gasteiger partial charge in [0.1, 0.15) is 11.5 Å². The van der Waals surface area contributed by atoms with E-state index in [1.54, 1.807) is 12.1 Å². The lowest BCUT2D eigenvalue weighted by Gasteiger charge is -2.07. The molecule has 0 spiro atoms. The number of alkyl halides is 1. The fraction of sp³-hybridized carbons (Fsp3) is 0.0714. The molecule has 0 saturated heterocycles. The fourth-order valence-corrected chi connectivity index (χ4v) is 1.47. The normalized spacial score (nSPS) is 11.8. The van der Waals surface area contributed by atoms with E-state index in [-0.39, 0.29) is 5.56 Å². The van der Waals surface area contributed by atoms with E-state index in [9.17, 15) is 9.18 Å². The molecule has 2 aromatic rings. The predicted octanol–water partition coefficient (Wildman–Crippen LogP) is 3.57. The maximum atomic E-state index is 13.2. The van der Waals surface area contributed by atoms with Gasteiger partial charge in [0, 0.05) is 0 Å². The predicted molar refractivity (Wildman–Crippen MR) is 64.4 cm³/mol. The standard InChI is InChI=1S/C14H11FO3/c15-13(14(16)17)10-6-8-12(9-7-10)18-11-4-2-1-3-5-11/h1-9,13H,(H,16,17). The Morgan fingerprint density at radius 1 is 1.00 bits per heavy atom. The molecule has 1 unspecified atom stereocenters. The summed E-state index contributed by atoms with van der Waals surface area (Å²) in [7, 11) is 0. The van der Waals surface area contributed by atoms with Crippen LogP contribution in [0.2, 0.25) is 0 Å². The molecule has 0 aromatic heterocycles. The third kappa shape index (κ3) is 2.85. The van der Waals surface area contributed by atoms with Crippen LogP contribution >= 0.6 is 0 Å². The minimum absolute atomic E-state index is 0.0999. The number of hydrogen-bond donors (Lipinski definition) is 1. The number of rotatable bonds is 4. The first-order chi connectivity index (χ1) is 8.66. The molecule has 0 heterocycles. The van der Waals surface area contributed by atoms with Crippen molar-refractivity contribution in [2.24, 2.45) is 0 Å². The fourth-order valence-electron chi connectivity index (χ4n) is 1.47. The van der Waals surface area contributed by atoms with Crippen LogP contribution in [-0.4, -0.2) is 11.1 Å². The summed E-state index contributed by atoms with van der Waals surface area (Å²) in [6.07, 6.45) is -2.00. The average Bonchev–Trinajstić information content (AvgIpc) is 2.40. The van der Waals surface area contributed by atoms with Crippen LogP contribution in [0.4, 0.5) is 4.39 Å². The molecule has 0 bridgehead atoms. The van der Waals surface area contributed by atoms with Crippen molar-refractivity contribution in [1.29, 1.82) is 0 Å². The van der Waals surface area contributed by atoms with Gasteiger partial charge < -0.3 is 9.84 Å². The quantitative estimate of drug-likeness (QED) is 0.896. The Labute approximate surface area is 103 Å². The minimum Gasteiger partial charge on any atom is -0.479 e. The van der Waals surface area contributed by atoms with Crippen LogP contribution in [0.3, 0.4) is 0 Å². The second-order valence-corrected chi connectivity index (χ2v) is 3.68. The van der Waals surface area contributed by atoms with Crippen LogP contribution in [0.15, 0.2) is 54.6 Å². The Morgan fingerprint density at radius 3 is 2.11 bits per heavy atom. The smallest absolute Gasteiger partial charge is 0.343 e. The molecule has 1 N–H and O–H groups in total. The Kier molecular flexibility index (Phi) is 3.57. The number of carboxylic acid groups (broad SMARTS) is 1. The molecule has 0 saturated carbocycles. The summed E-state index contributed by atoms with van der Waals surface area (Å²) in [6.45, 7) is 0. The molecule has 0 fully saturated rings. The third-order valence-electron chi connectivity index (χ3n) is 2.37. The zero-order valence-corrected chi connectivity index (χ0v) is 9.42. The monoisotopic (exact) mass is 246 g/mol. The second kappa shape index (κ2) is 5.31. The van der Waals surface area contributed by atoms with Gasteiger partial charge in [-0.1, -0.05) is 30.3 Å². The van der Waals surface area contributed by atoms with Gasteiger partial charge in [0.05, 0.1) is 0 Å². The Balaban J connectivity index is 2.11. The molecular weight excluding hydrogens is 235 g/mol. The summed E-state index contributed by atoms with van der Waals surface area (Å²) >= 11 is 0. The summed E-state index contributed by atoms with van der Waals surface area (Å²) in [5.41, 5.74) is 0.0999. The summed E-state index contributed by atoms with van der Waals surface area (Å²) in [6, 6.07) is 15.0. The molecule has 2 rings (SSSR count). The van der Waals surface area contributed by atoms with E-state index in [1.165, 1.54) is 24.3 Å². The number of carbonyl (C=O) groups is 1. The molecule has 18 heavy (non-hydrogen) atoms. The molecule has 0 aliphatic heterocycles. The number of benzene rings is 2. The summed E-state index contributed by atoms with van der Waals surface area (Å²) in [5, 5.41) is 8.53. The van der Waals surface area contributed by atoms with Gasteiger partial charge in [0.15, 0.2) is 0 Å². The van der Waals surface area contributed by atoms with Crippen molar-refractivity contribution in [3.63, 3.8) is 0 Å². The molecule has 0 aliphatic carbocycles. The number of para-hydroxylation sites is 1. The van der Waals surface area contributed by atoms with Crippen molar-refractivity contribution in [2.45, 2.75) is 6.17 Å². The molecule has 4 heteroatoms. The van der Waals surface area contributed by atoms with Gasteiger partial charge in [-0.2, -0.15) is 0 Å². The van der Waals surface area contributed by atoms with Gasteiger partial charge in [0.25, 0.3) is 0 Å². The lowest BCUT2D eigenvalue weighted by atomic mass is 10.1. The average molecular weight is 246 g/mol. The summed E-state index contributed by atoms with van der Waals surface area (Å²) < 4.78 is 18.7. The SMILES string of the molecule is O=C(O)C(F)c1ccc(Oc2ccccc2)cc1. The molecule has 0 aliphatic rings. The van der Waals surface area contributed by atoms with Crippen molar-refractivity contribution < 1.29 is 19.0 Å². The van der Waals surface area contributed by atoms with Crippen molar-refractivity contribution in [3.05, 3.63) is 60.2 Å². The van der Waals surface area contributed by atoms with E-state index in [1.807, 2.05) is 18.2 Å². The Morgan fingerprint density at radius 2 is 1.56 bits per heavy atom. The molecule has 2 aromatic carbocycles. The molecule has 1 atom stereocenters. The van der Waals surface area contributed by atoms with E-state index in [0.29, 0.717) is 11.5 Å². The highest BCUT2D eigenvalue weighted by molar-refractivity contribution is 5.74. The number of carboxylic acids is 1. The topological polar surface area (TPSA) is 46.5 Å². The second-order valence-electron chi connectivity index (χ2n) is 3.68. The van der Waals surface area contributed by atoms with Crippen LogP contribution < -0.4 is 4.74 Å². The van der Waals surface area contributed by atoms with Crippen molar-refractivity contribution >= 4 is 5.97 Å². The van der Waals surface area contributed by atoms with E-state index < -0.39 is 12.1 Å². The molecular formula is C14H11FO3. The van der Waals surface area contributed by atoms with E-state index in [0.717, 1.165) is 0 Å². The highest BCUT2D eigenvalue weighted by atomic mass is 19.1. The molecule has 3 nitrogen and oxygen atoms in total. The van der Waals surface area contributed by atoms with E-state index in [2.05, 4.69) is 0 Å². The van der Waals surface area contributed by atoms with Crippen LogP contribution in [0.25, 0.3) is 0 Å². The lowest BCUT2D eigenvalue weighted by molar-refractivity contribution is -0.143. The largest absolute Gasteiger partial charge is 0.479 e. The van der Waals surface area contributed by atoms with Gasteiger partial charge in [-0.3, -0.25) is 0 Å². The first-order valence-electron chi connectivity index (χ1n) is 5.36. The number of halogens is 1. The highest BCUT2D eigenvalue weighted by Gasteiger charge is 2.17. The zero-order valence-electron chi connectivity index (χ0n) is 9.42. The molecule has 92 valence electrons. The lowest BCUT2D eigenvalue weighted by Crippen LogP contribution is -2.05. The van der Waals surface area contributed by atoms with E-state index in [4.69, 9.17) is 9.84 Å². The zero-order chi connectivity index (χ0) is 13.0. The van der Waals surface area contributed by atoms with Gasteiger partial charge in [-0.15, -0.1) is 0 Å². The molecule has 0 amide bonds. The van der Waals surface area contributed by atoms with Gasteiger partial charge in [0.2, 0.25) is 6.17 Å². The first-order valence-corrected chi connectivity index (χ1v) is 5.36. The minimum atomic E-state index is -2.00. The Hall–Kier alpha value is -2.36. The van der Waals surface area contributed by atoms with Crippen molar-refractivity contribution in [3.8, 4) is 11.5 Å². The van der Waals surface area contributed by atoms with Crippen LogP contribution in [0.5, 0.6) is 11.5 Å². The van der Waals surface area contributed by atoms with Crippen molar-refractivity contribution in [2.75, 3.05) is 0 Å². The van der Waals surface area contributed by atoms with Crippen LogP contribution in [-0.2, 0) is 4.79 Å². The van der Waals surface area contributed by atoms with Gasteiger partial charge in [-0.25, -0.2) is 9.18 Å². The summed E-state index contributed by atoms with van der Waals surface area (Å²) in [5.74, 6) is -0.297. The van der Waals surface area contributed by atoms with E-state index >= 15 is 0 Å². The maximum absolute atomic E-state index is 13.2. The first kappa shape index (κ1) is 12.1. The molecule has 0 radical (unpaired) electrons. The maximum Gasteiger partial charge on any atom is 0.343 e. The number of ether oxygens (including phenoxy) is 1. The highest BCUT2D eigenvalue weighted by Crippen LogP contribution is 2.24. The number of aliphatic carboxylic acids is 1. The van der Waals surface area contributed by atoms with Crippen LogP contribution in [0, 0.1) is 0 Å². The van der Waals surface area contributed by atoms with Crippen molar-refractivity contribution in [1.82, 2.24) is 0 Å². The summed E-state index contributed by atoms with van der Waals surface area (Å²) in [4.78, 5) is 10.5. The number of hydrogen-bond acceptors (Lipinski definition) is 2. The van der Waals surface area contributed by atoms with Gasteiger partial charge in [-0.05, 0) is 29.8 Å². The Bertz CT molecular complexity index is 522.